The van der Waals surface area contributed by atoms with Crippen molar-refractivity contribution in [3.63, 3.8) is 0 Å². The van der Waals surface area contributed by atoms with Crippen LogP contribution in [-0.4, -0.2) is 64.1 Å². The molecule has 0 radical (unpaired) electrons. The molecule has 1 N–H and O–H groups in total. The van der Waals surface area contributed by atoms with Crippen LogP contribution in [0.5, 0.6) is 12.0 Å². The first-order chi connectivity index (χ1) is 19.4. The molecule has 12 nitrogen and oxygen atoms in total. The second kappa shape index (κ2) is 15.6. The maximum Gasteiger partial charge on any atom is 0.347 e. The van der Waals surface area contributed by atoms with Gasteiger partial charge in [-0.15, -0.1) is 0 Å². The van der Waals surface area contributed by atoms with E-state index >= 15 is 0 Å². The lowest BCUT2D eigenvalue weighted by atomic mass is 10.2. The molecule has 2 heterocycles. The molecule has 0 aliphatic heterocycles. The summed E-state index contributed by atoms with van der Waals surface area (Å²) in [7, 11) is 3.54. The van der Waals surface area contributed by atoms with Gasteiger partial charge in [0.1, 0.15) is 0 Å². The molecule has 0 saturated carbocycles. The highest BCUT2D eigenvalue weighted by atomic mass is 19.1. The number of carbonyl (C=O) groups excluding carboxylic acids is 1. The van der Waals surface area contributed by atoms with Gasteiger partial charge in [-0.3, -0.25) is 4.79 Å². The van der Waals surface area contributed by atoms with Crippen molar-refractivity contribution >= 4 is 36.8 Å². The minimum Gasteiger partial charge on any atom is -0.369 e. The molecule has 0 saturated heterocycles. The zero-order chi connectivity index (χ0) is 28.6. The molecule has 14 heteroatoms. The maximum atomic E-state index is 13.5. The van der Waals surface area contributed by atoms with Crippen LogP contribution < -0.4 is 15.0 Å². The van der Waals surface area contributed by atoms with E-state index in [1.165, 1.54) is 18.8 Å². The van der Waals surface area contributed by atoms with Crippen LogP contribution in [0.2, 0.25) is 0 Å². The van der Waals surface area contributed by atoms with E-state index in [9.17, 15) is 13.6 Å². The molecule has 4 rings (SSSR count). The molecule has 40 heavy (non-hydrogen) atoms. The molecule has 2 aromatic heterocycles. The van der Waals surface area contributed by atoms with Crippen molar-refractivity contribution in [2.75, 3.05) is 19.4 Å². The molecule has 0 spiro atoms. The van der Waals surface area contributed by atoms with E-state index in [1.807, 2.05) is 60.7 Å². The van der Waals surface area contributed by atoms with Gasteiger partial charge in [0, 0.05) is 14.1 Å². The topological polar surface area (TPSA) is 139 Å². The molecule has 0 aliphatic carbocycles. The Balaban J connectivity index is 0.000000222. The van der Waals surface area contributed by atoms with Crippen molar-refractivity contribution in [1.29, 1.82) is 0 Å². The van der Waals surface area contributed by atoms with Crippen LogP contribution in [0.3, 0.4) is 0 Å². The fraction of sp³-hybridized carbons (Fsp3) is 0.0769. The lowest BCUT2D eigenvalue weighted by Gasteiger charge is -2.03. The fourth-order valence-corrected chi connectivity index (χ4v) is 2.55. The number of carbonyl (C=O) groups is 1. The summed E-state index contributed by atoms with van der Waals surface area (Å²) in [6, 6.07) is 18.4. The molecule has 0 atom stereocenters. The van der Waals surface area contributed by atoms with Crippen molar-refractivity contribution in [2.24, 2.45) is 15.3 Å². The van der Waals surface area contributed by atoms with Gasteiger partial charge in [0.05, 0.1) is 31.2 Å². The van der Waals surface area contributed by atoms with Gasteiger partial charge in [-0.2, -0.15) is 19.9 Å². The second-order valence-electron chi connectivity index (χ2n) is 7.62. The van der Waals surface area contributed by atoms with E-state index in [2.05, 4.69) is 40.6 Å². The van der Waals surface area contributed by atoms with Crippen molar-refractivity contribution < 1.29 is 23.3 Å². The highest BCUT2D eigenvalue weighted by molar-refractivity contribution is 5.79. The zero-order valence-corrected chi connectivity index (χ0v) is 21.3. The second-order valence-corrected chi connectivity index (χ2v) is 7.62. The van der Waals surface area contributed by atoms with Gasteiger partial charge in [-0.1, -0.05) is 71.0 Å². The van der Waals surface area contributed by atoms with Crippen molar-refractivity contribution in [3.8, 4) is 12.0 Å². The normalized spacial score (nSPS) is 10.8. The van der Waals surface area contributed by atoms with Gasteiger partial charge in [0.15, 0.2) is 23.3 Å². The summed E-state index contributed by atoms with van der Waals surface area (Å²) >= 11 is 0. The van der Waals surface area contributed by atoms with Crippen LogP contribution >= 0.6 is 0 Å². The predicted molar refractivity (Wildman–Crippen MR) is 145 cm³/mol. The van der Waals surface area contributed by atoms with Crippen molar-refractivity contribution in [2.45, 2.75) is 0 Å². The van der Waals surface area contributed by atoms with Crippen LogP contribution in [0.1, 0.15) is 11.1 Å². The third kappa shape index (κ3) is 10.0. The van der Waals surface area contributed by atoms with E-state index in [-0.39, 0.29) is 23.7 Å². The number of amides is 1. The molecule has 0 unspecified atom stereocenters. The molecular weight excluding hydrogens is 524 g/mol. The average molecular weight is 548 g/mol. The van der Waals surface area contributed by atoms with Gasteiger partial charge in [-0.25, -0.2) is 13.8 Å². The summed E-state index contributed by atoms with van der Waals surface area (Å²) in [5.74, 6) is -1.77. The maximum absolute atomic E-state index is 13.5. The summed E-state index contributed by atoms with van der Waals surface area (Å²) in [6.45, 7) is 0. The molecule has 4 aromatic rings. The SMILES string of the molecule is CN(C)C=Nc1nc(ON=Cc2ccccc2)ncc1F.O=CNc1nc(ON=Cc2ccccc2)ncc1F. The van der Waals surface area contributed by atoms with Crippen LogP contribution in [-0.2, 0) is 4.79 Å². The Hall–Kier alpha value is -5.66. The third-order valence-electron chi connectivity index (χ3n) is 4.30. The largest absolute Gasteiger partial charge is 0.369 e. The highest BCUT2D eigenvalue weighted by Gasteiger charge is 2.07. The van der Waals surface area contributed by atoms with Crippen LogP contribution in [0.15, 0.2) is 88.4 Å². The standard InChI is InChI=1S/C14H14FN5O.C12H9FN4O2/c1-20(2)10-17-13-12(15)9-16-14(19-13)21-18-8-11-6-4-3-5-7-11;13-10-7-14-12(17-11(10)15-8-18)19-16-6-9-4-2-1-3-5-9/h3-10H,1-2H3;1-8H,(H,14,15,17,18). The van der Waals surface area contributed by atoms with Crippen LogP contribution in [0.25, 0.3) is 0 Å². The highest BCUT2D eigenvalue weighted by Crippen LogP contribution is 2.16. The smallest absolute Gasteiger partial charge is 0.347 e. The lowest BCUT2D eigenvalue weighted by molar-refractivity contribution is -0.105. The molecule has 1 amide bonds. The number of anilines is 1. The van der Waals surface area contributed by atoms with E-state index in [4.69, 9.17) is 9.68 Å². The summed E-state index contributed by atoms with van der Waals surface area (Å²) in [5, 5.41) is 9.48. The minimum atomic E-state index is -0.758. The number of nitrogens with one attached hydrogen (secondary N) is 1. The number of aromatic nitrogens is 4. The Morgan fingerprint density at radius 1 is 0.800 bits per heavy atom. The van der Waals surface area contributed by atoms with Crippen molar-refractivity contribution in [1.82, 2.24) is 24.8 Å². The summed E-state index contributed by atoms with van der Waals surface area (Å²) < 4.78 is 26.6. The predicted octanol–water partition coefficient (Wildman–Crippen LogP) is 3.85. The van der Waals surface area contributed by atoms with E-state index in [0.29, 0.717) is 6.41 Å². The Kier molecular flexibility index (Phi) is 11.2. The summed E-state index contributed by atoms with van der Waals surface area (Å²) in [5.41, 5.74) is 1.70. The van der Waals surface area contributed by atoms with Gasteiger partial charge in [0.2, 0.25) is 6.41 Å². The third-order valence-corrected chi connectivity index (χ3v) is 4.30. The van der Waals surface area contributed by atoms with Gasteiger partial charge < -0.3 is 19.9 Å². The first-order valence-corrected chi connectivity index (χ1v) is 11.4. The molecule has 2 aromatic carbocycles. The Labute approximate surface area is 227 Å². The Morgan fingerprint density at radius 3 is 1.85 bits per heavy atom. The minimum absolute atomic E-state index is 0.0745. The van der Waals surface area contributed by atoms with Gasteiger partial charge in [-0.05, 0) is 11.1 Å². The number of hydrogen-bond donors (Lipinski definition) is 1. The Bertz CT molecular complexity index is 1450. The van der Waals surface area contributed by atoms with Gasteiger partial charge >= 0.3 is 12.0 Å². The molecule has 204 valence electrons. The summed E-state index contributed by atoms with van der Waals surface area (Å²) in [6.07, 6.45) is 6.58. The van der Waals surface area contributed by atoms with Crippen LogP contribution in [0, 0.1) is 11.6 Å². The molecular formula is C26H23F2N9O3. The zero-order valence-electron chi connectivity index (χ0n) is 21.3. The lowest BCUT2D eigenvalue weighted by Crippen LogP contribution is -2.07. The van der Waals surface area contributed by atoms with E-state index < -0.39 is 11.6 Å². The average Bonchev–Trinajstić information content (AvgIpc) is 2.96. The summed E-state index contributed by atoms with van der Waals surface area (Å²) in [4.78, 5) is 40.4. The van der Waals surface area contributed by atoms with Gasteiger partial charge in [0.25, 0.3) is 0 Å². The first kappa shape index (κ1) is 28.9. The number of aliphatic imine (C=N–C) groups is 1. The van der Waals surface area contributed by atoms with E-state index in [1.54, 1.807) is 19.0 Å². The first-order valence-electron chi connectivity index (χ1n) is 11.4. The number of oxime groups is 2. The molecule has 0 aliphatic rings. The van der Waals surface area contributed by atoms with E-state index in [0.717, 1.165) is 23.5 Å². The quantitative estimate of drug-likeness (QED) is 0.137. The molecule has 0 fully saturated rings. The van der Waals surface area contributed by atoms with Crippen LogP contribution in [0.4, 0.5) is 20.4 Å². The number of nitrogens with zero attached hydrogens (tertiary/aromatic N) is 8. The van der Waals surface area contributed by atoms with Crippen molar-refractivity contribution in [3.05, 3.63) is 95.8 Å². The number of hydrogen-bond acceptors (Lipinski definition) is 10. The number of benzene rings is 2. The number of rotatable bonds is 10. The number of halogens is 2. The monoisotopic (exact) mass is 547 g/mol. The molecule has 0 bridgehead atoms. The fourth-order valence-electron chi connectivity index (χ4n) is 2.55. The Morgan fingerprint density at radius 2 is 1.32 bits per heavy atom.